The number of halogens is 2. The van der Waals surface area contributed by atoms with Crippen LogP contribution in [0.4, 0.5) is 8.63 Å². The SMILES string of the molecule is CC(C)COc1ccc[n+](C)c1C(C#N)=C1C=CC=CN1B(F)F. The summed E-state index contributed by atoms with van der Waals surface area (Å²) in [6.07, 6.45) is 7.65. The van der Waals surface area contributed by atoms with Crippen LogP contribution in [0.5, 0.6) is 5.75 Å². The Morgan fingerprint density at radius 1 is 1.42 bits per heavy atom. The Hall–Kier alpha value is -2.62. The van der Waals surface area contributed by atoms with E-state index >= 15 is 0 Å². The molecular formula is C17H19BF2N3O+. The molecule has 0 atom stereocenters. The Morgan fingerprint density at radius 2 is 2.17 bits per heavy atom. The third-order valence-electron chi connectivity index (χ3n) is 3.42. The molecule has 0 aromatic carbocycles. The number of rotatable bonds is 5. The maximum absolute atomic E-state index is 13.3. The van der Waals surface area contributed by atoms with Gasteiger partial charge in [-0.1, -0.05) is 19.9 Å². The number of nitriles is 1. The van der Waals surface area contributed by atoms with Gasteiger partial charge in [0.05, 0.1) is 12.3 Å². The highest BCUT2D eigenvalue weighted by Crippen LogP contribution is 2.29. The van der Waals surface area contributed by atoms with E-state index in [2.05, 4.69) is 6.07 Å². The topological polar surface area (TPSA) is 40.1 Å². The van der Waals surface area contributed by atoms with E-state index in [1.807, 2.05) is 13.8 Å². The molecule has 7 heteroatoms. The summed E-state index contributed by atoms with van der Waals surface area (Å²) in [6.45, 7) is 4.50. The Balaban J connectivity index is 2.59. The predicted octanol–water partition coefficient (Wildman–Crippen LogP) is 3.09. The molecule has 1 aliphatic rings. The van der Waals surface area contributed by atoms with Crippen molar-refractivity contribution >= 4 is 13.0 Å². The van der Waals surface area contributed by atoms with E-state index in [0.717, 1.165) is 4.81 Å². The van der Waals surface area contributed by atoms with Gasteiger partial charge in [0.25, 0.3) is 5.69 Å². The number of hydrogen-bond acceptors (Lipinski definition) is 3. The Labute approximate surface area is 141 Å². The summed E-state index contributed by atoms with van der Waals surface area (Å²) in [7, 11) is -0.983. The molecule has 1 aromatic heterocycles. The highest BCUT2D eigenvalue weighted by Gasteiger charge is 2.31. The highest BCUT2D eigenvalue weighted by atomic mass is 19.2. The maximum atomic E-state index is 13.3. The lowest BCUT2D eigenvalue weighted by Crippen LogP contribution is -2.35. The van der Waals surface area contributed by atoms with Gasteiger partial charge in [-0.2, -0.15) is 9.83 Å². The monoisotopic (exact) mass is 330 g/mol. The van der Waals surface area contributed by atoms with Gasteiger partial charge < -0.3 is 9.55 Å². The van der Waals surface area contributed by atoms with E-state index in [9.17, 15) is 13.9 Å². The smallest absolute Gasteiger partial charge is 0.487 e. The summed E-state index contributed by atoms with van der Waals surface area (Å²) in [5, 5.41) is 9.65. The van der Waals surface area contributed by atoms with Gasteiger partial charge in [-0.25, -0.2) is 0 Å². The van der Waals surface area contributed by atoms with Crippen molar-refractivity contribution in [1.29, 1.82) is 5.26 Å². The molecule has 124 valence electrons. The molecule has 0 saturated carbocycles. The first kappa shape index (κ1) is 17.7. The molecule has 0 saturated heterocycles. The molecule has 0 aliphatic carbocycles. The van der Waals surface area contributed by atoms with Crippen LogP contribution in [0.1, 0.15) is 19.5 Å². The lowest BCUT2D eigenvalue weighted by molar-refractivity contribution is -0.674. The molecule has 0 amide bonds. The number of aromatic nitrogens is 1. The molecule has 0 radical (unpaired) electrons. The minimum atomic E-state index is -2.74. The van der Waals surface area contributed by atoms with Crippen molar-refractivity contribution in [3.8, 4) is 11.8 Å². The number of ether oxygens (including phenoxy) is 1. The minimum absolute atomic E-state index is 0.137. The summed E-state index contributed by atoms with van der Waals surface area (Å²) >= 11 is 0. The van der Waals surface area contributed by atoms with Gasteiger partial charge in [0.15, 0.2) is 17.5 Å². The molecule has 1 aromatic rings. The fourth-order valence-corrected chi connectivity index (χ4v) is 2.33. The maximum Gasteiger partial charge on any atom is 0.677 e. The minimum Gasteiger partial charge on any atom is -0.487 e. The van der Waals surface area contributed by atoms with Gasteiger partial charge in [-0.05, 0) is 30.3 Å². The molecule has 24 heavy (non-hydrogen) atoms. The zero-order chi connectivity index (χ0) is 17.7. The standard InChI is InChI=1S/C17H19BF2N3O/c1-13(2)12-24-16-8-6-9-22(3)17(16)14(11-21)15-7-4-5-10-23(15)18(19)20/h4-10,13H,12H2,1-3H3/q+1. The Bertz CT molecular complexity index is 736. The van der Waals surface area contributed by atoms with Gasteiger partial charge >= 0.3 is 7.40 Å². The normalized spacial score (nSPS) is 15.5. The van der Waals surface area contributed by atoms with Crippen LogP contribution in [0.15, 0.2) is 48.5 Å². The van der Waals surface area contributed by atoms with E-state index < -0.39 is 7.40 Å². The van der Waals surface area contributed by atoms with Crippen molar-refractivity contribution in [1.82, 2.24) is 4.81 Å². The Kier molecular flexibility index (Phi) is 5.75. The van der Waals surface area contributed by atoms with Crippen molar-refractivity contribution in [2.75, 3.05) is 6.61 Å². The third-order valence-corrected chi connectivity index (χ3v) is 3.42. The summed E-state index contributed by atoms with van der Waals surface area (Å²) < 4.78 is 34.1. The number of hydrogen-bond donors (Lipinski definition) is 0. The van der Waals surface area contributed by atoms with E-state index in [-0.39, 0.29) is 11.3 Å². The van der Waals surface area contributed by atoms with Gasteiger partial charge in [-0.3, -0.25) is 8.63 Å². The van der Waals surface area contributed by atoms with Crippen molar-refractivity contribution < 1.29 is 17.9 Å². The molecule has 0 fully saturated rings. The molecule has 2 heterocycles. The van der Waals surface area contributed by atoms with Crippen LogP contribution in [0.3, 0.4) is 0 Å². The summed E-state index contributed by atoms with van der Waals surface area (Å²) in [5.74, 6) is 0.798. The van der Waals surface area contributed by atoms with E-state index in [4.69, 9.17) is 4.74 Å². The van der Waals surface area contributed by atoms with E-state index in [0.29, 0.717) is 24.0 Å². The van der Waals surface area contributed by atoms with Gasteiger partial charge in [0.2, 0.25) is 0 Å². The second-order valence-corrected chi connectivity index (χ2v) is 5.79. The van der Waals surface area contributed by atoms with Gasteiger partial charge in [0.1, 0.15) is 13.1 Å². The molecular weight excluding hydrogens is 311 g/mol. The number of allylic oxidation sites excluding steroid dienone is 4. The van der Waals surface area contributed by atoms with Crippen LogP contribution < -0.4 is 9.30 Å². The second-order valence-electron chi connectivity index (χ2n) is 5.79. The summed E-state index contributed by atoms with van der Waals surface area (Å²) in [6, 6.07) is 5.59. The molecule has 0 unspecified atom stereocenters. The first-order valence-corrected chi connectivity index (χ1v) is 7.63. The molecule has 2 rings (SSSR count). The first-order chi connectivity index (χ1) is 11.5. The molecule has 4 nitrogen and oxygen atoms in total. The van der Waals surface area contributed by atoms with Gasteiger partial charge in [-0.15, -0.1) is 0 Å². The summed E-state index contributed by atoms with van der Waals surface area (Å²) in [5.41, 5.74) is 0.755. The fraction of sp³-hybridized carbons (Fsp3) is 0.294. The van der Waals surface area contributed by atoms with Crippen molar-refractivity contribution in [2.24, 2.45) is 13.0 Å². The molecule has 1 aliphatic heterocycles. The first-order valence-electron chi connectivity index (χ1n) is 7.63. The van der Waals surface area contributed by atoms with Crippen LogP contribution in [-0.2, 0) is 7.05 Å². The zero-order valence-electron chi connectivity index (χ0n) is 13.9. The van der Waals surface area contributed by atoms with Crippen LogP contribution >= 0.6 is 0 Å². The number of aryl methyl sites for hydroxylation is 1. The van der Waals surface area contributed by atoms with Crippen molar-refractivity contribution in [3.05, 3.63) is 54.1 Å². The Morgan fingerprint density at radius 3 is 2.79 bits per heavy atom. The van der Waals surface area contributed by atoms with Crippen LogP contribution in [0, 0.1) is 17.2 Å². The lowest BCUT2D eigenvalue weighted by atomic mass is 10.0. The third kappa shape index (κ3) is 3.83. The van der Waals surface area contributed by atoms with E-state index in [1.165, 1.54) is 18.4 Å². The van der Waals surface area contributed by atoms with E-state index in [1.54, 1.807) is 36.0 Å². The van der Waals surface area contributed by atoms with Crippen molar-refractivity contribution in [3.63, 3.8) is 0 Å². The van der Waals surface area contributed by atoms with Crippen LogP contribution in [-0.4, -0.2) is 18.8 Å². The number of pyridine rings is 1. The quantitative estimate of drug-likeness (QED) is 0.473. The molecule has 0 bridgehead atoms. The average molecular weight is 330 g/mol. The molecule has 0 N–H and O–H groups in total. The van der Waals surface area contributed by atoms with Crippen molar-refractivity contribution in [2.45, 2.75) is 13.8 Å². The molecule has 0 spiro atoms. The predicted molar refractivity (Wildman–Crippen MR) is 88.6 cm³/mol. The average Bonchev–Trinajstić information content (AvgIpc) is 2.55. The fourth-order valence-electron chi connectivity index (χ4n) is 2.33. The largest absolute Gasteiger partial charge is 0.677 e. The summed E-state index contributed by atoms with van der Waals surface area (Å²) in [4.78, 5) is 0.776. The van der Waals surface area contributed by atoms with Crippen LogP contribution in [0.25, 0.3) is 5.57 Å². The zero-order valence-corrected chi connectivity index (χ0v) is 13.9. The lowest BCUT2D eigenvalue weighted by Gasteiger charge is -2.22. The van der Waals surface area contributed by atoms with Crippen LogP contribution in [0.2, 0.25) is 0 Å². The second kappa shape index (κ2) is 7.78. The highest BCUT2D eigenvalue weighted by molar-refractivity contribution is 6.40. The number of nitrogens with zero attached hydrogens (tertiary/aromatic N) is 3. The van der Waals surface area contributed by atoms with Gasteiger partial charge in [0, 0.05) is 6.07 Å².